The quantitative estimate of drug-likeness (QED) is 0.689. The molecule has 0 saturated carbocycles. The number of carbonyl (C=O) groups is 1. The molecule has 0 saturated heterocycles. The molecule has 0 bridgehead atoms. The zero-order valence-electron chi connectivity index (χ0n) is 11.9. The first kappa shape index (κ1) is 16.1. The highest BCUT2D eigenvalue weighted by Gasteiger charge is 2.15. The number of rotatable bonds is 5. The van der Waals surface area contributed by atoms with E-state index in [1.807, 2.05) is 55.5 Å². The molecule has 21 heavy (non-hydrogen) atoms. The molecular formula is C17H17BrClNO. The second-order valence-electron chi connectivity index (χ2n) is 4.74. The van der Waals surface area contributed by atoms with Crippen LogP contribution in [0.1, 0.15) is 28.4 Å². The summed E-state index contributed by atoms with van der Waals surface area (Å²) in [4.78, 5) is 14.4. The van der Waals surface area contributed by atoms with Crippen molar-refractivity contribution in [2.24, 2.45) is 0 Å². The van der Waals surface area contributed by atoms with Crippen LogP contribution in [-0.4, -0.2) is 17.4 Å². The lowest BCUT2D eigenvalue weighted by Gasteiger charge is -2.21. The maximum atomic E-state index is 12.6. The van der Waals surface area contributed by atoms with Crippen LogP contribution in [0.2, 0.25) is 5.02 Å². The molecule has 0 unspecified atom stereocenters. The minimum atomic E-state index is 0.0264. The van der Waals surface area contributed by atoms with Crippen molar-refractivity contribution in [2.75, 3.05) is 6.54 Å². The second kappa shape index (κ2) is 7.62. The van der Waals surface area contributed by atoms with Crippen LogP contribution in [0.25, 0.3) is 0 Å². The minimum absolute atomic E-state index is 0.0264. The van der Waals surface area contributed by atoms with E-state index in [1.165, 1.54) is 0 Å². The lowest BCUT2D eigenvalue weighted by molar-refractivity contribution is 0.0752. The third-order valence-corrected chi connectivity index (χ3v) is 4.36. The summed E-state index contributed by atoms with van der Waals surface area (Å²) in [7, 11) is 0. The van der Waals surface area contributed by atoms with Crippen molar-refractivity contribution in [2.45, 2.75) is 18.8 Å². The van der Waals surface area contributed by atoms with Gasteiger partial charge in [0.2, 0.25) is 0 Å². The smallest absolute Gasteiger partial charge is 0.254 e. The number of nitrogens with zero attached hydrogens (tertiary/aromatic N) is 1. The van der Waals surface area contributed by atoms with Gasteiger partial charge in [0.15, 0.2) is 0 Å². The molecule has 2 aromatic rings. The van der Waals surface area contributed by atoms with Crippen LogP contribution in [-0.2, 0) is 11.9 Å². The van der Waals surface area contributed by atoms with Crippen LogP contribution in [0, 0.1) is 0 Å². The highest BCUT2D eigenvalue weighted by atomic mass is 79.9. The molecule has 0 aliphatic rings. The first-order valence-electron chi connectivity index (χ1n) is 6.83. The topological polar surface area (TPSA) is 20.3 Å². The summed E-state index contributed by atoms with van der Waals surface area (Å²) < 4.78 is 0. The van der Waals surface area contributed by atoms with E-state index in [0.717, 1.165) is 16.5 Å². The Morgan fingerprint density at radius 1 is 1.14 bits per heavy atom. The summed E-state index contributed by atoms with van der Waals surface area (Å²) in [6, 6.07) is 15.3. The van der Waals surface area contributed by atoms with Gasteiger partial charge in [-0.2, -0.15) is 0 Å². The molecule has 2 rings (SSSR count). The number of hydrogen-bond acceptors (Lipinski definition) is 1. The molecule has 0 aliphatic carbocycles. The van der Waals surface area contributed by atoms with E-state index in [4.69, 9.17) is 11.6 Å². The van der Waals surface area contributed by atoms with Crippen molar-refractivity contribution in [3.05, 3.63) is 70.2 Å². The van der Waals surface area contributed by atoms with Gasteiger partial charge in [0, 0.05) is 29.0 Å². The predicted octanol–water partition coefficient (Wildman–Crippen LogP) is 4.90. The molecule has 0 atom stereocenters. The minimum Gasteiger partial charge on any atom is -0.335 e. The molecule has 2 aromatic carbocycles. The molecule has 0 aliphatic heterocycles. The standard InChI is InChI=1S/C17H17BrClNO/c1-2-20(12-15-5-3-4-6-16(15)19)17(21)14-9-7-13(11-18)8-10-14/h3-10H,2,11-12H2,1H3. The van der Waals surface area contributed by atoms with Gasteiger partial charge >= 0.3 is 0 Å². The van der Waals surface area contributed by atoms with Crippen molar-refractivity contribution >= 4 is 33.4 Å². The van der Waals surface area contributed by atoms with Gasteiger partial charge in [0.1, 0.15) is 0 Å². The molecule has 0 aromatic heterocycles. The van der Waals surface area contributed by atoms with E-state index in [1.54, 1.807) is 4.90 Å². The Morgan fingerprint density at radius 3 is 2.38 bits per heavy atom. The van der Waals surface area contributed by atoms with E-state index in [2.05, 4.69) is 15.9 Å². The molecule has 0 fully saturated rings. The third kappa shape index (κ3) is 4.08. The Bertz CT molecular complexity index is 612. The summed E-state index contributed by atoms with van der Waals surface area (Å²) in [5.41, 5.74) is 2.82. The number of benzene rings is 2. The summed E-state index contributed by atoms with van der Waals surface area (Å²) in [5.74, 6) is 0.0264. The Hall–Kier alpha value is -1.32. The summed E-state index contributed by atoms with van der Waals surface area (Å²) >= 11 is 9.58. The van der Waals surface area contributed by atoms with Crippen LogP contribution in [0.3, 0.4) is 0 Å². The fourth-order valence-corrected chi connectivity index (χ4v) is 2.65. The monoisotopic (exact) mass is 365 g/mol. The van der Waals surface area contributed by atoms with Crippen LogP contribution in [0.4, 0.5) is 0 Å². The average molecular weight is 367 g/mol. The van der Waals surface area contributed by atoms with Gasteiger partial charge in [-0.05, 0) is 36.2 Å². The first-order chi connectivity index (χ1) is 10.2. The highest BCUT2D eigenvalue weighted by Crippen LogP contribution is 2.18. The van der Waals surface area contributed by atoms with Crippen LogP contribution in [0.5, 0.6) is 0 Å². The number of halogens is 2. The molecule has 0 heterocycles. The van der Waals surface area contributed by atoms with Gasteiger partial charge in [-0.15, -0.1) is 0 Å². The normalized spacial score (nSPS) is 10.4. The Kier molecular flexibility index (Phi) is 5.83. The van der Waals surface area contributed by atoms with Crippen molar-refractivity contribution in [3.63, 3.8) is 0 Å². The molecular weight excluding hydrogens is 350 g/mol. The number of hydrogen-bond donors (Lipinski definition) is 0. The summed E-state index contributed by atoms with van der Waals surface area (Å²) in [6.45, 7) is 3.14. The van der Waals surface area contributed by atoms with Crippen LogP contribution < -0.4 is 0 Å². The Balaban J connectivity index is 2.16. The van der Waals surface area contributed by atoms with E-state index in [9.17, 15) is 4.79 Å². The predicted molar refractivity (Wildman–Crippen MR) is 90.9 cm³/mol. The summed E-state index contributed by atoms with van der Waals surface area (Å²) in [6.07, 6.45) is 0. The van der Waals surface area contributed by atoms with Crippen molar-refractivity contribution < 1.29 is 4.79 Å². The van der Waals surface area contributed by atoms with Crippen molar-refractivity contribution in [1.29, 1.82) is 0 Å². The van der Waals surface area contributed by atoms with E-state index in [-0.39, 0.29) is 5.91 Å². The van der Waals surface area contributed by atoms with Gasteiger partial charge in [-0.1, -0.05) is 57.9 Å². The fourth-order valence-electron chi connectivity index (χ4n) is 2.08. The average Bonchev–Trinajstić information content (AvgIpc) is 2.53. The zero-order chi connectivity index (χ0) is 15.2. The largest absolute Gasteiger partial charge is 0.335 e. The van der Waals surface area contributed by atoms with Gasteiger partial charge in [0.25, 0.3) is 5.91 Å². The fraction of sp³-hybridized carbons (Fsp3) is 0.235. The first-order valence-corrected chi connectivity index (χ1v) is 8.33. The van der Waals surface area contributed by atoms with E-state index >= 15 is 0 Å². The van der Waals surface area contributed by atoms with Crippen LogP contribution >= 0.6 is 27.5 Å². The molecule has 110 valence electrons. The van der Waals surface area contributed by atoms with E-state index < -0.39 is 0 Å². The molecule has 1 amide bonds. The van der Waals surface area contributed by atoms with Crippen molar-refractivity contribution in [3.8, 4) is 0 Å². The molecule has 0 spiro atoms. The summed E-state index contributed by atoms with van der Waals surface area (Å²) in [5, 5.41) is 1.48. The number of amides is 1. The van der Waals surface area contributed by atoms with Gasteiger partial charge < -0.3 is 4.90 Å². The molecule has 0 N–H and O–H groups in total. The highest BCUT2D eigenvalue weighted by molar-refractivity contribution is 9.08. The Labute approximate surface area is 138 Å². The van der Waals surface area contributed by atoms with Crippen molar-refractivity contribution in [1.82, 2.24) is 4.90 Å². The second-order valence-corrected chi connectivity index (χ2v) is 5.71. The van der Waals surface area contributed by atoms with Gasteiger partial charge in [0.05, 0.1) is 0 Å². The SMILES string of the molecule is CCN(Cc1ccccc1Cl)C(=O)c1ccc(CBr)cc1. The lowest BCUT2D eigenvalue weighted by atomic mass is 10.1. The van der Waals surface area contributed by atoms with Gasteiger partial charge in [-0.3, -0.25) is 4.79 Å². The van der Waals surface area contributed by atoms with E-state index in [0.29, 0.717) is 23.7 Å². The molecule has 0 radical (unpaired) electrons. The maximum Gasteiger partial charge on any atom is 0.254 e. The molecule has 2 nitrogen and oxygen atoms in total. The van der Waals surface area contributed by atoms with Crippen LogP contribution in [0.15, 0.2) is 48.5 Å². The Morgan fingerprint density at radius 2 is 1.81 bits per heavy atom. The maximum absolute atomic E-state index is 12.6. The van der Waals surface area contributed by atoms with Gasteiger partial charge in [-0.25, -0.2) is 0 Å². The number of carbonyl (C=O) groups excluding carboxylic acids is 1. The number of alkyl halides is 1. The lowest BCUT2D eigenvalue weighted by Crippen LogP contribution is -2.30. The third-order valence-electron chi connectivity index (χ3n) is 3.34. The molecule has 4 heteroatoms. The zero-order valence-corrected chi connectivity index (χ0v) is 14.2.